The molecule has 0 amide bonds. The van der Waals surface area contributed by atoms with E-state index >= 15 is 0 Å². The number of aromatic nitrogens is 2. The predicted octanol–water partition coefficient (Wildman–Crippen LogP) is 7.16. The third-order valence-corrected chi connectivity index (χ3v) is 8.99. The molecular weight excluding hydrogens is 532 g/mol. The zero-order valence-electron chi connectivity index (χ0n) is 24.4. The predicted molar refractivity (Wildman–Crippen MR) is 164 cm³/mol. The minimum Gasteiger partial charge on any atom is -0.443 e. The Labute approximate surface area is 247 Å². The number of hydrogen-bond donors (Lipinski definition) is 0. The van der Waals surface area contributed by atoms with Gasteiger partial charge >= 0.3 is 6.09 Å². The minimum atomic E-state index is -0.571. The first-order valence-electron chi connectivity index (χ1n) is 14.5. The molecule has 0 N–H and O–H groups in total. The fourth-order valence-electron chi connectivity index (χ4n) is 5.94. The highest BCUT2D eigenvalue weighted by molar-refractivity contribution is 7.98. The molecule has 5 rings (SSSR count). The van der Waals surface area contributed by atoms with Gasteiger partial charge in [0.1, 0.15) is 22.5 Å². The maximum Gasteiger partial charge on any atom is 0.418 e. The van der Waals surface area contributed by atoms with Crippen molar-refractivity contribution in [1.82, 2.24) is 14.5 Å². The number of thioether (sulfide) groups is 1. The van der Waals surface area contributed by atoms with Crippen molar-refractivity contribution in [2.75, 3.05) is 31.1 Å². The first kappa shape index (κ1) is 29.0. The van der Waals surface area contributed by atoms with Crippen molar-refractivity contribution in [2.24, 2.45) is 0 Å². The first-order valence-corrected chi connectivity index (χ1v) is 15.5. The molecule has 2 aromatic heterocycles. The second kappa shape index (κ2) is 12.1. The molecule has 0 atom stereocenters. The number of likely N-dealkylation sites (tertiary alicyclic amines) is 1. The lowest BCUT2D eigenvalue weighted by atomic mass is 10.0. The van der Waals surface area contributed by atoms with Crippen molar-refractivity contribution in [3.8, 4) is 6.07 Å². The first-order chi connectivity index (χ1) is 19.7. The number of hydrogen-bond acceptors (Lipinski definition) is 7. The quantitative estimate of drug-likeness (QED) is 0.230. The van der Waals surface area contributed by atoms with E-state index in [1.807, 2.05) is 45.9 Å². The van der Waals surface area contributed by atoms with Crippen LogP contribution in [0.25, 0.3) is 15.7 Å². The third-order valence-electron chi connectivity index (χ3n) is 7.94. The summed E-state index contributed by atoms with van der Waals surface area (Å²) in [5, 5.41) is 11.7. The van der Waals surface area contributed by atoms with E-state index in [1.54, 1.807) is 6.20 Å². The maximum absolute atomic E-state index is 12.6. The van der Waals surface area contributed by atoms with Gasteiger partial charge in [-0.2, -0.15) is 5.26 Å². The Hall–Kier alpha value is -3.53. The van der Waals surface area contributed by atoms with Crippen LogP contribution in [0.3, 0.4) is 0 Å². The summed E-state index contributed by atoms with van der Waals surface area (Å²) in [7, 11) is 0. The lowest BCUT2D eigenvalue weighted by Crippen LogP contribution is -2.44. The van der Waals surface area contributed by atoms with E-state index in [0.29, 0.717) is 34.5 Å². The van der Waals surface area contributed by atoms with Crippen molar-refractivity contribution in [2.45, 2.75) is 82.2 Å². The number of rotatable bonds is 6. The highest BCUT2D eigenvalue weighted by Crippen LogP contribution is 2.40. The molecule has 41 heavy (non-hydrogen) atoms. The molecule has 214 valence electrons. The van der Waals surface area contributed by atoms with Crippen LogP contribution in [0.2, 0.25) is 0 Å². The van der Waals surface area contributed by atoms with E-state index in [4.69, 9.17) is 16.3 Å². The zero-order valence-corrected chi connectivity index (χ0v) is 25.3. The second-order valence-electron chi connectivity index (χ2n) is 11.8. The summed E-state index contributed by atoms with van der Waals surface area (Å²) >= 11 is 1.53. The number of nitrogens with zero attached hydrogens (tertiary/aromatic N) is 6. The van der Waals surface area contributed by atoms with E-state index in [9.17, 15) is 10.1 Å². The molecule has 2 saturated heterocycles. The van der Waals surface area contributed by atoms with Gasteiger partial charge in [0.2, 0.25) is 5.69 Å². The lowest BCUT2D eigenvalue weighted by molar-refractivity contribution is 0.0544. The van der Waals surface area contributed by atoms with E-state index in [-0.39, 0.29) is 0 Å². The Kier molecular flexibility index (Phi) is 8.58. The number of ether oxygens (including phenoxy) is 1. The molecule has 2 aliphatic heterocycles. The highest BCUT2D eigenvalue weighted by Gasteiger charge is 2.30. The van der Waals surface area contributed by atoms with Gasteiger partial charge in [-0.3, -0.25) is 4.57 Å². The average Bonchev–Trinajstić information content (AvgIpc) is 3.65. The number of anilines is 1. The van der Waals surface area contributed by atoms with E-state index < -0.39 is 11.7 Å². The molecule has 3 aromatic rings. The van der Waals surface area contributed by atoms with Gasteiger partial charge in [0.25, 0.3) is 0 Å². The summed E-state index contributed by atoms with van der Waals surface area (Å²) in [6.07, 6.45) is 6.68. The maximum atomic E-state index is 12.6. The summed E-state index contributed by atoms with van der Waals surface area (Å²) < 4.78 is 7.07. The van der Waals surface area contributed by atoms with Crippen LogP contribution in [-0.4, -0.2) is 58.4 Å². The van der Waals surface area contributed by atoms with Gasteiger partial charge in [-0.05, 0) is 95.3 Å². The number of pyridine rings is 1. The molecule has 0 radical (unpaired) electrons. The van der Waals surface area contributed by atoms with Crippen molar-refractivity contribution in [3.05, 3.63) is 58.6 Å². The summed E-state index contributed by atoms with van der Waals surface area (Å²) in [4.78, 5) is 26.4. The Morgan fingerprint density at radius 3 is 2.56 bits per heavy atom. The molecule has 0 saturated carbocycles. The molecule has 2 aliphatic rings. The van der Waals surface area contributed by atoms with Gasteiger partial charge in [0.15, 0.2) is 0 Å². The summed E-state index contributed by atoms with van der Waals surface area (Å²) in [6.45, 7) is 19.7. The van der Waals surface area contributed by atoms with Gasteiger partial charge in [-0.1, -0.05) is 13.0 Å². The van der Waals surface area contributed by atoms with Gasteiger partial charge < -0.3 is 14.5 Å². The average molecular weight is 571 g/mol. The molecule has 0 spiro atoms. The number of nitriles is 1. The molecule has 2 fully saturated rings. The fraction of sp³-hybridized carbons (Fsp3) is 0.500. The molecular formula is C32H38N6O2S. The molecule has 8 nitrogen and oxygen atoms in total. The Morgan fingerprint density at radius 2 is 1.93 bits per heavy atom. The number of carbonyl (C=O) groups is 1. The Morgan fingerprint density at radius 1 is 1.20 bits per heavy atom. The van der Waals surface area contributed by atoms with Crippen LogP contribution in [0, 0.1) is 17.9 Å². The van der Waals surface area contributed by atoms with Gasteiger partial charge in [0.05, 0.1) is 17.7 Å². The van der Waals surface area contributed by atoms with Crippen LogP contribution in [0.5, 0.6) is 0 Å². The van der Waals surface area contributed by atoms with Gasteiger partial charge in [-0.25, -0.2) is 14.6 Å². The molecule has 0 aliphatic carbocycles. The normalized spacial score (nSPS) is 16.6. The van der Waals surface area contributed by atoms with Crippen LogP contribution in [0.1, 0.15) is 70.1 Å². The van der Waals surface area contributed by atoms with Crippen LogP contribution < -0.4 is 4.90 Å². The second-order valence-corrected chi connectivity index (χ2v) is 12.8. The number of fused-ring (bicyclic) bond motifs is 1. The van der Waals surface area contributed by atoms with Crippen LogP contribution in [-0.2, 0) is 16.9 Å². The fourth-order valence-corrected chi connectivity index (χ4v) is 6.89. The van der Waals surface area contributed by atoms with Crippen molar-refractivity contribution in [3.63, 3.8) is 0 Å². The van der Waals surface area contributed by atoms with Crippen LogP contribution >= 0.6 is 11.8 Å². The third kappa shape index (κ3) is 6.22. The zero-order chi connectivity index (χ0) is 29.1. The minimum absolute atomic E-state index is 0.401. The Bertz CT molecular complexity index is 1510. The largest absolute Gasteiger partial charge is 0.443 e. The molecule has 1 aromatic carbocycles. The highest BCUT2D eigenvalue weighted by atomic mass is 32.2. The van der Waals surface area contributed by atoms with Crippen LogP contribution in [0.15, 0.2) is 35.5 Å². The van der Waals surface area contributed by atoms with Crippen molar-refractivity contribution < 1.29 is 9.53 Å². The molecule has 0 unspecified atom stereocenters. The Balaban J connectivity index is 1.37. The topological polar surface area (TPSA) is 78.8 Å². The summed E-state index contributed by atoms with van der Waals surface area (Å²) in [5.74, 6) is 1.34. The monoisotopic (exact) mass is 570 g/mol. The van der Waals surface area contributed by atoms with Crippen molar-refractivity contribution >= 4 is 40.3 Å². The van der Waals surface area contributed by atoms with E-state index in [1.165, 1.54) is 42.3 Å². The molecule has 0 bridgehead atoms. The standard InChI is InChI=1S/C32H38N6O2S/c1-6-25-26(20-33)30(35-29(28(25)34-5)37-16-12-24(13-17-37)36-14-7-8-15-36)41-21-22-9-10-27-23(19-22)11-18-38(27)31(39)40-32(2,3)4/h9-11,18-19,24H,6-8,12-17,21H2,1-4H3. The van der Waals surface area contributed by atoms with Gasteiger partial charge in [0, 0.05) is 36.5 Å². The number of benzene rings is 1. The van der Waals surface area contributed by atoms with Gasteiger partial charge in [-0.15, -0.1) is 11.8 Å². The van der Waals surface area contributed by atoms with E-state index in [2.05, 4.69) is 26.8 Å². The number of carbonyl (C=O) groups excluding carboxylic acids is 1. The molecule has 4 heterocycles. The SMILES string of the molecule is [C-]#[N+]c1c(N2CCC(N3CCCC3)CC2)nc(SCc2ccc3c(ccn3C(=O)OC(C)(C)C)c2)c(C#N)c1CC. The van der Waals surface area contributed by atoms with Crippen LogP contribution in [0.4, 0.5) is 16.3 Å². The summed E-state index contributed by atoms with van der Waals surface area (Å²) in [5.41, 5.74) is 3.11. The lowest BCUT2D eigenvalue weighted by Gasteiger charge is -2.38. The summed E-state index contributed by atoms with van der Waals surface area (Å²) in [6, 6.07) is 10.9. The van der Waals surface area contributed by atoms with E-state index in [0.717, 1.165) is 53.8 Å². The van der Waals surface area contributed by atoms with Crippen molar-refractivity contribution in [1.29, 1.82) is 5.26 Å². The number of piperidine rings is 1. The molecule has 9 heteroatoms. The smallest absolute Gasteiger partial charge is 0.418 e.